The molecule has 32 heavy (non-hydrogen) atoms. The number of hydrogen-bond donors (Lipinski definition) is 1. The average Bonchev–Trinajstić information content (AvgIpc) is 3.19. The minimum Gasteiger partial charge on any atom is -0.477 e. The summed E-state index contributed by atoms with van der Waals surface area (Å²) in [5.41, 5.74) is 4.73. The molecule has 0 saturated carbocycles. The number of aryl methyl sites for hydroxylation is 2. The van der Waals surface area contributed by atoms with Crippen molar-refractivity contribution < 1.29 is 17.9 Å². The molecule has 0 fully saturated rings. The van der Waals surface area contributed by atoms with E-state index in [1.807, 2.05) is 27.0 Å². The predicted molar refractivity (Wildman–Crippen MR) is 118 cm³/mol. The number of sulfonamides is 1. The van der Waals surface area contributed by atoms with E-state index in [-0.39, 0.29) is 17.3 Å². The standard InChI is InChI=1S/C22H23N5O4S/c1-12-17(13(2)26(4)25-12)11-27-21-19(31-14(3)22(27)28)8-7-18(24-21)15-5-6-16-10-23-32(29,30)20(16)9-15/h5-9,14,23H,10-11H2,1-4H3. The van der Waals surface area contributed by atoms with Crippen molar-refractivity contribution in [2.75, 3.05) is 4.90 Å². The third-order valence-corrected chi connectivity index (χ3v) is 7.58. The third kappa shape index (κ3) is 3.18. The minimum atomic E-state index is -3.50. The number of ether oxygens (including phenoxy) is 1. The number of rotatable bonds is 3. The van der Waals surface area contributed by atoms with E-state index >= 15 is 0 Å². The van der Waals surface area contributed by atoms with Crippen LogP contribution in [0.3, 0.4) is 0 Å². The van der Waals surface area contributed by atoms with E-state index in [0.717, 1.165) is 22.5 Å². The first kappa shape index (κ1) is 20.7. The zero-order valence-corrected chi connectivity index (χ0v) is 19.0. The summed E-state index contributed by atoms with van der Waals surface area (Å²) in [6, 6.07) is 8.79. The van der Waals surface area contributed by atoms with Crippen molar-refractivity contribution in [3.63, 3.8) is 0 Å². The third-order valence-electron chi connectivity index (χ3n) is 6.09. The largest absolute Gasteiger partial charge is 0.477 e. The van der Waals surface area contributed by atoms with Crippen molar-refractivity contribution >= 4 is 21.7 Å². The fourth-order valence-corrected chi connectivity index (χ4v) is 5.43. The first-order chi connectivity index (χ1) is 15.2. The quantitative estimate of drug-likeness (QED) is 0.652. The van der Waals surface area contributed by atoms with Gasteiger partial charge in [-0.05, 0) is 44.5 Å². The number of hydrogen-bond acceptors (Lipinski definition) is 6. The van der Waals surface area contributed by atoms with Crippen LogP contribution in [0.15, 0.2) is 35.2 Å². The van der Waals surface area contributed by atoms with Gasteiger partial charge in [0.1, 0.15) is 0 Å². The lowest BCUT2D eigenvalue weighted by Crippen LogP contribution is -2.44. The Morgan fingerprint density at radius 3 is 2.72 bits per heavy atom. The van der Waals surface area contributed by atoms with Crippen LogP contribution in [0.4, 0.5) is 5.82 Å². The van der Waals surface area contributed by atoms with Crippen molar-refractivity contribution in [3.8, 4) is 17.0 Å². The summed E-state index contributed by atoms with van der Waals surface area (Å²) in [6.45, 7) is 6.21. The number of nitrogens with one attached hydrogen (secondary N) is 1. The van der Waals surface area contributed by atoms with E-state index in [1.165, 1.54) is 0 Å². The molecule has 0 bridgehead atoms. The van der Waals surface area contributed by atoms with Crippen LogP contribution >= 0.6 is 0 Å². The number of nitrogens with zero attached hydrogens (tertiary/aromatic N) is 4. The van der Waals surface area contributed by atoms with Crippen molar-refractivity contribution in [2.24, 2.45) is 7.05 Å². The van der Waals surface area contributed by atoms with Crippen LogP contribution in [0, 0.1) is 13.8 Å². The molecule has 3 aromatic rings. The minimum absolute atomic E-state index is 0.189. The summed E-state index contributed by atoms with van der Waals surface area (Å²) in [5, 5.41) is 4.45. The summed E-state index contributed by atoms with van der Waals surface area (Å²) in [5.74, 6) is 0.732. The Labute approximate surface area is 186 Å². The first-order valence-electron chi connectivity index (χ1n) is 10.3. The van der Waals surface area contributed by atoms with Crippen molar-refractivity contribution in [1.82, 2.24) is 19.5 Å². The Bertz CT molecular complexity index is 1380. The molecule has 9 nitrogen and oxygen atoms in total. The number of amides is 1. The Hall–Kier alpha value is -3.24. The van der Waals surface area contributed by atoms with Gasteiger partial charge in [0.05, 0.1) is 22.8 Å². The van der Waals surface area contributed by atoms with Crippen molar-refractivity contribution in [3.05, 3.63) is 52.8 Å². The lowest BCUT2D eigenvalue weighted by molar-refractivity contribution is -0.125. The van der Waals surface area contributed by atoms with Crippen LogP contribution in [0.25, 0.3) is 11.3 Å². The Morgan fingerprint density at radius 1 is 1.22 bits per heavy atom. The highest BCUT2D eigenvalue weighted by Crippen LogP contribution is 2.37. The summed E-state index contributed by atoms with van der Waals surface area (Å²) >= 11 is 0. The van der Waals surface area contributed by atoms with Crippen LogP contribution in [-0.4, -0.2) is 35.2 Å². The number of anilines is 1. The lowest BCUT2D eigenvalue weighted by atomic mass is 10.1. The number of carbonyl (C=O) groups is 1. The highest BCUT2D eigenvalue weighted by Gasteiger charge is 2.34. The highest BCUT2D eigenvalue weighted by atomic mass is 32.2. The molecule has 4 heterocycles. The van der Waals surface area contributed by atoms with Gasteiger partial charge in [-0.2, -0.15) is 5.10 Å². The zero-order valence-electron chi connectivity index (χ0n) is 18.2. The number of pyridine rings is 1. The van der Waals surface area contributed by atoms with Gasteiger partial charge in [0.25, 0.3) is 5.91 Å². The molecule has 0 saturated heterocycles. The normalized spacial score (nSPS) is 18.9. The predicted octanol–water partition coefficient (Wildman–Crippen LogP) is 2.20. The molecule has 1 N–H and O–H groups in total. The molecule has 1 unspecified atom stereocenters. The van der Waals surface area contributed by atoms with Crippen LogP contribution in [-0.2, 0) is 35.0 Å². The summed E-state index contributed by atoms with van der Waals surface area (Å²) < 4.78 is 34.6. The molecule has 166 valence electrons. The fourth-order valence-electron chi connectivity index (χ4n) is 4.16. The smallest absolute Gasteiger partial charge is 0.269 e. The van der Waals surface area contributed by atoms with Gasteiger partial charge < -0.3 is 4.74 Å². The SMILES string of the molecule is Cc1nn(C)c(C)c1CN1C(=O)C(C)Oc2ccc(-c3ccc4c(c3)S(=O)(=O)NC4)nc21. The molecule has 1 aromatic carbocycles. The molecular weight excluding hydrogens is 430 g/mol. The van der Waals surface area contributed by atoms with Crippen molar-refractivity contribution in [2.45, 2.75) is 44.9 Å². The van der Waals surface area contributed by atoms with E-state index in [4.69, 9.17) is 9.72 Å². The van der Waals surface area contributed by atoms with Gasteiger partial charge in [0.15, 0.2) is 17.7 Å². The van der Waals surface area contributed by atoms with E-state index in [2.05, 4.69) is 9.82 Å². The molecule has 0 spiro atoms. The molecule has 0 aliphatic carbocycles. The van der Waals surface area contributed by atoms with E-state index in [0.29, 0.717) is 29.4 Å². The topological polar surface area (TPSA) is 106 Å². The number of benzene rings is 1. The molecule has 1 amide bonds. The van der Waals surface area contributed by atoms with E-state index in [1.54, 1.807) is 40.8 Å². The Morgan fingerprint density at radius 2 is 2.00 bits per heavy atom. The lowest BCUT2D eigenvalue weighted by Gasteiger charge is -2.32. The molecular formula is C22H23N5O4S. The molecule has 0 radical (unpaired) electrons. The summed E-state index contributed by atoms with van der Waals surface area (Å²) in [4.78, 5) is 19.7. The number of carbonyl (C=O) groups excluding carboxylic acids is 1. The second-order valence-corrected chi connectivity index (χ2v) is 9.86. The summed E-state index contributed by atoms with van der Waals surface area (Å²) in [7, 11) is -1.63. The second-order valence-electron chi connectivity index (χ2n) is 8.12. The van der Waals surface area contributed by atoms with Crippen LogP contribution < -0.4 is 14.4 Å². The molecule has 5 rings (SSSR count). The Kier molecular flexibility index (Phi) is 4.61. The fraction of sp³-hybridized carbons (Fsp3) is 0.318. The molecule has 10 heteroatoms. The first-order valence-corrected chi connectivity index (χ1v) is 11.7. The van der Waals surface area contributed by atoms with Crippen LogP contribution in [0.2, 0.25) is 0 Å². The second kappa shape index (κ2) is 7.14. The highest BCUT2D eigenvalue weighted by molar-refractivity contribution is 7.89. The number of fused-ring (bicyclic) bond motifs is 2. The van der Waals surface area contributed by atoms with Gasteiger partial charge in [0.2, 0.25) is 10.0 Å². The average molecular weight is 454 g/mol. The van der Waals surface area contributed by atoms with Gasteiger partial charge in [-0.15, -0.1) is 0 Å². The van der Waals surface area contributed by atoms with E-state index in [9.17, 15) is 13.2 Å². The van der Waals surface area contributed by atoms with Crippen LogP contribution in [0.1, 0.15) is 29.4 Å². The summed E-state index contributed by atoms with van der Waals surface area (Å²) in [6.07, 6.45) is -0.636. The van der Waals surface area contributed by atoms with E-state index < -0.39 is 16.1 Å². The molecule has 1 atom stereocenters. The number of aromatic nitrogens is 3. The van der Waals surface area contributed by atoms with Crippen LogP contribution in [0.5, 0.6) is 5.75 Å². The molecule has 2 aromatic heterocycles. The maximum Gasteiger partial charge on any atom is 0.269 e. The molecule has 2 aliphatic rings. The Balaban J connectivity index is 1.59. The van der Waals surface area contributed by atoms with Gasteiger partial charge in [-0.1, -0.05) is 12.1 Å². The van der Waals surface area contributed by atoms with Crippen molar-refractivity contribution in [1.29, 1.82) is 0 Å². The van der Waals surface area contributed by atoms with Gasteiger partial charge in [0, 0.05) is 30.4 Å². The molecule has 2 aliphatic heterocycles. The zero-order chi connectivity index (χ0) is 22.8. The van der Waals surface area contributed by atoms with Gasteiger partial charge in [-0.3, -0.25) is 14.4 Å². The maximum absolute atomic E-state index is 13.1. The van der Waals surface area contributed by atoms with Gasteiger partial charge >= 0.3 is 0 Å². The van der Waals surface area contributed by atoms with Gasteiger partial charge in [-0.25, -0.2) is 18.1 Å². The maximum atomic E-state index is 13.1. The monoisotopic (exact) mass is 453 g/mol.